The Morgan fingerprint density at radius 3 is 1.38 bits per heavy atom. The maximum Gasteiger partial charge on any atom is 0.305 e. The van der Waals surface area contributed by atoms with Crippen molar-refractivity contribution in [2.24, 2.45) is 0 Å². The molecule has 0 fully saturated rings. The van der Waals surface area contributed by atoms with E-state index >= 15 is 0 Å². The number of rotatable bonds is 41. The standard InChI is InChI=1S/C46H87NO5/c1-3-5-7-9-11-13-15-16-20-24-28-32-36-40-46(51)52-41-37-33-29-25-21-17-19-23-27-31-35-39-45(50)47-43(42-48)44(49)38-34-30-26-22-18-14-12-10-8-6-4-2/h13,15,21,25,43-44,48-49H,3-12,14,16-20,22-24,26-42H2,1-2H3,(H,47,50)/b15-13-,25-21-. The molecule has 0 aliphatic heterocycles. The summed E-state index contributed by atoms with van der Waals surface area (Å²) in [4.78, 5) is 24.3. The minimum absolute atomic E-state index is 0.0413. The summed E-state index contributed by atoms with van der Waals surface area (Å²) in [5.74, 6) is -0.108. The van der Waals surface area contributed by atoms with Gasteiger partial charge in [0.05, 0.1) is 25.4 Å². The van der Waals surface area contributed by atoms with Crippen LogP contribution in [0.15, 0.2) is 24.3 Å². The number of carbonyl (C=O) groups is 2. The van der Waals surface area contributed by atoms with Crippen molar-refractivity contribution in [3.8, 4) is 0 Å². The molecule has 2 atom stereocenters. The number of hydrogen-bond acceptors (Lipinski definition) is 5. The first-order valence-corrected chi connectivity index (χ1v) is 22.6. The highest BCUT2D eigenvalue weighted by Crippen LogP contribution is 2.15. The number of ether oxygens (including phenoxy) is 1. The number of amides is 1. The average molecular weight is 734 g/mol. The summed E-state index contributed by atoms with van der Waals surface area (Å²) < 4.78 is 5.41. The van der Waals surface area contributed by atoms with E-state index < -0.39 is 12.1 Å². The van der Waals surface area contributed by atoms with Crippen LogP contribution in [0.2, 0.25) is 0 Å². The summed E-state index contributed by atoms with van der Waals surface area (Å²) in [7, 11) is 0. The Kier molecular flexibility index (Phi) is 40.7. The number of hydrogen-bond donors (Lipinski definition) is 3. The molecule has 306 valence electrons. The van der Waals surface area contributed by atoms with Gasteiger partial charge in [0.2, 0.25) is 5.91 Å². The van der Waals surface area contributed by atoms with Crippen molar-refractivity contribution in [1.82, 2.24) is 5.32 Å². The van der Waals surface area contributed by atoms with Crippen LogP contribution in [0, 0.1) is 0 Å². The van der Waals surface area contributed by atoms with Crippen LogP contribution in [0.25, 0.3) is 0 Å². The van der Waals surface area contributed by atoms with Crippen LogP contribution in [-0.4, -0.2) is 47.4 Å². The van der Waals surface area contributed by atoms with Gasteiger partial charge < -0.3 is 20.3 Å². The zero-order valence-corrected chi connectivity index (χ0v) is 34.5. The molecule has 0 aromatic carbocycles. The van der Waals surface area contributed by atoms with Crippen molar-refractivity contribution in [2.45, 2.75) is 244 Å². The molecular weight excluding hydrogens is 647 g/mol. The minimum Gasteiger partial charge on any atom is -0.466 e. The maximum atomic E-state index is 12.4. The fraction of sp³-hybridized carbons (Fsp3) is 0.870. The lowest BCUT2D eigenvalue weighted by molar-refractivity contribution is -0.143. The topological polar surface area (TPSA) is 95.9 Å². The Hall–Kier alpha value is -1.66. The first-order chi connectivity index (χ1) is 25.5. The van der Waals surface area contributed by atoms with E-state index in [9.17, 15) is 19.8 Å². The monoisotopic (exact) mass is 734 g/mol. The molecule has 0 bridgehead atoms. The number of carbonyl (C=O) groups excluding carboxylic acids is 2. The third kappa shape index (κ3) is 38.1. The Bertz CT molecular complexity index is 813. The van der Waals surface area contributed by atoms with E-state index in [1.807, 2.05) is 0 Å². The highest BCUT2D eigenvalue weighted by molar-refractivity contribution is 5.76. The van der Waals surface area contributed by atoms with Gasteiger partial charge in [0.1, 0.15) is 0 Å². The van der Waals surface area contributed by atoms with Gasteiger partial charge in [0.25, 0.3) is 0 Å². The fourth-order valence-electron chi connectivity index (χ4n) is 6.68. The van der Waals surface area contributed by atoms with Gasteiger partial charge in [-0.1, -0.05) is 167 Å². The summed E-state index contributed by atoms with van der Waals surface area (Å²) in [6, 6.07) is -0.560. The van der Waals surface area contributed by atoms with E-state index in [4.69, 9.17) is 4.74 Å². The second kappa shape index (κ2) is 42.1. The summed E-state index contributed by atoms with van der Waals surface area (Å²) in [5.41, 5.74) is 0. The predicted molar refractivity (Wildman–Crippen MR) is 223 cm³/mol. The Balaban J connectivity index is 3.54. The van der Waals surface area contributed by atoms with Crippen molar-refractivity contribution in [2.75, 3.05) is 13.2 Å². The van der Waals surface area contributed by atoms with E-state index in [1.165, 1.54) is 116 Å². The van der Waals surface area contributed by atoms with Gasteiger partial charge in [-0.3, -0.25) is 9.59 Å². The molecule has 2 unspecified atom stereocenters. The van der Waals surface area contributed by atoms with Gasteiger partial charge in [-0.2, -0.15) is 0 Å². The van der Waals surface area contributed by atoms with Crippen LogP contribution in [0.4, 0.5) is 0 Å². The molecule has 0 aliphatic carbocycles. The number of nitrogens with one attached hydrogen (secondary N) is 1. The third-order valence-corrected chi connectivity index (χ3v) is 10.2. The van der Waals surface area contributed by atoms with E-state index in [1.54, 1.807) is 0 Å². The van der Waals surface area contributed by atoms with Gasteiger partial charge in [-0.25, -0.2) is 0 Å². The first kappa shape index (κ1) is 50.3. The Morgan fingerprint density at radius 1 is 0.519 bits per heavy atom. The highest BCUT2D eigenvalue weighted by Gasteiger charge is 2.20. The SMILES string of the molecule is CCCCCC/C=C\CCCCCCCC(=O)OCCCC/C=C\CCCCCCCC(=O)NC(CO)C(O)CCCCCCCCCCCCC. The van der Waals surface area contributed by atoms with Gasteiger partial charge in [-0.15, -0.1) is 0 Å². The van der Waals surface area contributed by atoms with Crippen LogP contribution in [-0.2, 0) is 14.3 Å². The summed E-state index contributed by atoms with van der Waals surface area (Å²) in [6.07, 6.45) is 47.0. The number of esters is 1. The smallest absolute Gasteiger partial charge is 0.305 e. The van der Waals surface area contributed by atoms with Crippen LogP contribution in [0.5, 0.6) is 0 Å². The molecule has 0 saturated carbocycles. The molecule has 52 heavy (non-hydrogen) atoms. The molecular formula is C46H87NO5. The maximum absolute atomic E-state index is 12.4. The fourth-order valence-corrected chi connectivity index (χ4v) is 6.68. The molecule has 0 aromatic rings. The molecule has 3 N–H and O–H groups in total. The second-order valence-electron chi connectivity index (χ2n) is 15.4. The van der Waals surface area contributed by atoms with Crippen molar-refractivity contribution in [3.63, 3.8) is 0 Å². The molecule has 0 aromatic heterocycles. The van der Waals surface area contributed by atoms with E-state index in [0.717, 1.165) is 83.5 Å². The number of unbranched alkanes of at least 4 members (excludes halogenated alkanes) is 26. The number of allylic oxidation sites excluding steroid dienone is 4. The molecule has 6 heteroatoms. The van der Waals surface area contributed by atoms with Crippen molar-refractivity contribution < 1.29 is 24.5 Å². The summed E-state index contributed by atoms with van der Waals surface area (Å²) in [6.45, 7) is 4.83. The van der Waals surface area contributed by atoms with E-state index in [2.05, 4.69) is 43.5 Å². The second-order valence-corrected chi connectivity index (χ2v) is 15.4. The average Bonchev–Trinajstić information content (AvgIpc) is 3.14. The molecule has 0 spiro atoms. The zero-order valence-electron chi connectivity index (χ0n) is 34.5. The molecule has 1 amide bonds. The first-order valence-electron chi connectivity index (χ1n) is 22.6. The summed E-state index contributed by atoms with van der Waals surface area (Å²) in [5, 5.41) is 23.1. The lowest BCUT2D eigenvalue weighted by Gasteiger charge is -2.22. The van der Waals surface area contributed by atoms with Crippen LogP contribution in [0.3, 0.4) is 0 Å². The Labute approximate surface area is 322 Å². The van der Waals surface area contributed by atoms with E-state index in [-0.39, 0.29) is 18.5 Å². The third-order valence-electron chi connectivity index (χ3n) is 10.2. The zero-order chi connectivity index (χ0) is 38.0. The molecule has 0 rings (SSSR count). The van der Waals surface area contributed by atoms with Crippen molar-refractivity contribution in [3.05, 3.63) is 24.3 Å². The van der Waals surface area contributed by atoms with Gasteiger partial charge in [0.15, 0.2) is 0 Å². The molecule has 0 radical (unpaired) electrons. The number of aliphatic hydroxyl groups is 2. The van der Waals surface area contributed by atoms with Crippen LogP contribution >= 0.6 is 0 Å². The lowest BCUT2D eigenvalue weighted by Crippen LogP contribution is -2.45. The van der Waals surface area contributed by atoms with E-state index in [0.29, 0.717) is 25.9 Å². The Morgan fingerprint density at radius 2 is 0.904 bits per heavy atom. The highest BCUT2D eigenvalue weighted by atomic mass is 16.5. The number of aliphatic hydroxyl groups excluding tert-OH is 2. The van der Waals surface area contributed by atoms with Crippen molar-refractivity contribution in [1.29, 1.82) is 0 Å². The molecule has 0 heterocycles. The molecule has 0 aliphatic rings. The van der Waals surface area contributed by atoms with Gasteiger partial charge >= 0.3 is 5.97 Å². The normalized spacial score (nSPS) is 12.9. The molecule has 6 nitrogen and oxygen atoms in total. The minimum atomic E-state index is -0.680. The van der Waals surface area contributed by atoms with Gasteiger partial charge in [0, 0.05) is 12.8 Å². The largest absolute Gasteiger partial charge is 0.466 e. The molecule has 0 saturated heterocycles. The predicted octanol–water partition coefficient (Wildman–Crippen LogP) is 12.8. The van der Waals surface area contributed by atoms with Crippen LogP contribution in [0.1, 0.15) is 232 Å². The van der Waals surface area contributed by atoms with Crippen molar-refractivity contribution >= 4 is 11.9 Å². The summed E-state index contributed by atoms with van der Waals surface area (Å²) >= 11 is 0. The quantitative estimate of drug-likeness (QED) is 0.0330. The van der Waals surface area contributed by atoms with Crippen LogP contribution < -0.4 is 5.32 Å². The lowest BCUT2D eigenvalue weighted by atomic mass is 10.0. The van der Waals surface area contributed by atoms with Gasteiger partial charge in [-0.05, 0) is 77.0 Å².